The standard InChI is InChI=1S/C14H27NO3/c1-6-12(4)10-14(17-8-9-18-14)11(3)13(5,7-2)15(12)16/h11,15H,6-10H2,1-5H3. The molecule has 106 valence electrons. The Morgan fingerprint density at radius 1 is 1.17 bits per heavy atom. The molecule has 2 saturated heterocycles. The predicted octanol–water partition coefficient (Wildman–Crippen LogP) is 1.49. The largest absolute Gasteiger partial charge is 0.634 e. The van der Waals surface area contributed by atoms with E-state index < -0.39 is 5.79 Å². The van der Waals surface area contributed by atoms with Crippen LogP contribution in [-0.2, 0) is 9.47 Å². The van der Waals surface area contributed by atoms with Crippen LogP contribution in [0.3, 0.4) is 0 Å². The number of rotatable bonds is 2. The molecule has 2 fully saturated rings. The van der Waals surface area contributed by atoms with E-state index in [1.54, 1.807) is 0 Å². The van der Waals surface area contributed by atoms with Crippen LogP contribution >= 0.6 is 0 Å². The lowest BCUT2D eigenvalue weighted by Gasteiger charge is -2.61. The molecule has 0 saturated carbocycles. The number of nitrogens with one attached hydrogen (secondary N) is 1. The van der Waals surface area contributed by atoms with Crippen molar-refractivity contribution in [1.82, 2.24) is 0 Å². The van der Waals surface area contributed by atoms with E-state index in [2.05, 4.69) is 34.6 Å². The van der Waals surface area contributed by atoms with E-state index in [4.69, 9.17) is 9.47 Å². The molecule has 2 aliphatic rings. The zero-order chi connectivity index (χ0) is 13.6. The summed E-state index contributed by atoms with van der Waals surface area (Å²) >= 11 is 0. The van der Waals surface area contributed by atoms with Crippen LogP contribution in [0.2, 0.25) is 0 Å². The first-order valence-electron chi connectivity index (χ1n) is 7.17. The smallest absolute Gasteiger partial charge is 0.182 e. The Balaban J connectivity index is 2.42. The lowest BCUT2D eigenvalue weighted by molar-refractivity contribution is -0.969. The number of piperidine rings is 1. The van der Waals surface area contributed by atoms with Crippen LogP contribution in [0.1, 0.15) is 53.9 Å². The molecule has 4 unspecified atom stereocenters. The monoisotopic (exact) mass is 257 g/mol. The molecule has 1 N–H and O–H groups in total. The first kappa shape index (κ1) is 14.3. The normalized spacial score (nSPS) is 47.7. The number of hydroxylamine groups is 2. The lowest BCUT2D eigenvalue weighted by atomic mass is 9.67. The summed E-state index contributed by atoms with van der Waals surface area (Å²) < 4.78 is 11.9. The van der Waals surface area contributed by atoms with Gasteiger partial charge in [-0.2, -0.15) is 0 Å². The molecule has 4 heteroatoms. The van der Waals surface area contributed by atoms with Crippen LogP contribution in [0.5, 0.6) is 0 Å². The summed E-state index contributed by atoms with van der Waals surface area (Å²) in [6.07, 6.45) is 2.39. The van der Waals surface area contributed by atoms with Crippen molar-refractivity contribution < 1.29 is 14.5 Å². The van der Waals surface area contributed by atoms with Crippen LogP contribution in [0.4, 0.5) is 0 Å². The third-order valence-electron chi connectivity index (χ3n) is 5.61. The van der Waals surface area contributed by atoms with E-state index >= 15 is 0 Å². The zero-order valence-corrected chi connectivity index (χ0v) is 12.3. The van der Waals surface area contributed by atoms with Crippen molar-refractivity contribution in [3.8, 4) is 0 Å². The van der Waals surface area contributed by atoms with Gasteiger partial charge in [-0.05, 0) is 26.7 Å². The molecule has 0 amide bonds. The number of ether oxygens (including phenoxy) is 2. The van der Waals surface area contributed by atoms with Crippen molar-refractivity contribution >= 4 is 0 Å². The van der Waals surface area contributed by atoms with Crippen LogP contribution in [0, 0.1) is 11.1 Å². The van der Waals surface area contributed by atoms with Gasteiger partial charge in [0.25, 0.3) is 0 Å². The van der Waals surface area contributed by atoms with Gasteiger partial charge in [-0.1, -0.05) is 20.8 Å². The van der Waals surface area contributed by atoms with Gasteiger partial charge in [0.2, 0.25) is 0 Å². The Kier molecular flexibility index (Phi) is 3.52. The Labute approximate surface area is 110 Å². The van der Waals surface area contributed by atoms with Crippen molar-refractivity contribution in [3.63, 3.8) is 0 Å². The highest BCUT2D eigenvalue weighted by Gasteiger charge is 2.62. The summed E-state index contributed by atoms with van der Waals surface area (Å²) in [6.45, 7) is 11.8. The minimum atomic E-state index is -0.538. The van der Waals surface area contributed by atoms with Crippen molar-refractivity contribution in [3.05, 3.63) is 5.21 Å². The maximum Gasteiger partial charge on any atom is 0.182 e. The van der Waals surface area contributed by atoms with Gasteiger partial charge in [-0.3, -0.25) is 0 Å². The van der Waals surface area contributed by atoms with Crippen molar-refractivity contribution in [2.45, 2.75) is 70.7 Å². The highest BCUT2D eigenvalue weighted by atomic mass is 16.7. The molecule has 0 aliphatic carbocycles. The third kappa shape index (κ3) is 1.73. The molecule has 4 nitrogen and oxygen atoms in total. The molecule has 0 radical (unpaired) electrons. The maximum atomic E-state index is 12.9. The van der Waals surface area contributed by atoms with Crippen molar-refractivity contribution in [2.24, 2.45) is 5.92 Å². The SMILES string of the molecule is CCC1(C)CC2(OCCO2)C(C)C(C)(CC)[NH+]1[O-]. The van der Waals surface area contributed by atoms with Gasteiger partial charge in [0, 0.05) is 0 Å². The Bertz CT molecular complexity index is 314. The van der Waals surface area contributed by atoms with Gasteiger partial charge < -0.3 is 19.7 Å². The molecule has 4 atom stereocenters. The molecule has 0 aromatic heterocycles. The molecule has 2 heterocycles. The Hall–Kier alpha value is -0.160. The summed E-state index contributed by atoms with van der Waals surface area (Å²) in [6, 6.07) is 0. The zero-order valence-electron chi connectivity index (χ0n) is 12.3. The van der Waals surface area contributed by atoms with Gasteiger partial charge >= 0.3 is 0 Å². The van der Waals surface area contributed by atoms with E-state index in [0.29, 0.717) is 24.7 Å². The second-order valence-corrected chi connectivity index (χ2v) is 6.42. The highest BCUT2D eigenvalue weighted by Crippen LogP contribution is 2.44. The fourth-order valence-electron chi connectivity index (χ4n) is 3.72. The van der Waals surface area contributed by atoms with Gasteiger partial charge in [-0.25, -0.2) is 0 Å². The Morgan fingerprint density at radius 2 is 1.72 bits per heavy atom. The lowest BCUT2D eigenvalue weighted by Crippen LogP contribution is -3.25. The summed E-state index contributed by atoms with van der Waals surface area (Å²) in [5, 5.41) is 13.3. The van der Waals surface area contributed by atoms with Crippen LogP contribution in [0.25, 0.3) is 0 Å². The predicted molar refractivity (Wildman–Crippen MR) is 70.1 cm³/mol. The third-order valence-corrected chi connectivity index (χ3v) is 5.61. The minimum Gasteiger partial charge on any atom is -0.634 e. The number of hydrogen-bond acceptors (Lipinski definition) is 3. The van der Waals surface area contributed by atoms with Crippen molar-refractivity contribution in [2.75, 3.05) is 13.2 Å². The molecule has 2 rings (SSSR count). The fraction of sp³-hybridized carbons (Fsp3) is 1.00. The Morgan fingerprint density at radius 3 is 2.17 bits per heavy atom. The molecule has 0 aromatic carbocycles. The van der Waals surface area contributed by atoms with Gasteiger partial charge in [0.05, 0.1) is 31.1 Å². The van der Waals surface area contributed by atoms with E-state index in [1.165, 1.54) is 0 Å². The van der Waals surface area contributed by atoms with Gasteiger partial charge in [-0.15, -0.1) is 0 Å². The average molecular weight is 257 g/mol. The minimum absolute atomic E-state index is 0.115. The molecule has 0 bridgehead atoms. The molecule has 2 aliphatic heterocycles. The van der Waals surface area contributed by atoms with Crippen LogP contribution < -0.4 is 5.06 Å². The second-order valence-electron chi connectivity index (χ2n) is 6.42. The molecule has 0 aromatic rings. The quantitative estimate of drug-likeness (QED) is 0.762. The van der Waals surface area contributed by atoms with E-state index in [9.17, 15) is 5.21 Å². The molecule has 18 heavy (non-hydrogen) atoms. The second kappa shape index (κ2) is 4.44. The molecular weight excluding hydrogens is 230 g/mol. The average Bonchev–Trinajstić information content (AvgIpc) is 2.83. The van der Waals surface area contributed by atoms with Crippen LogP contribution in [-0.4, -0.2) is 30.1 Å². The van der Waals surface area contributed by atoms with Gasteiger partial charge in [0.1, 0.15) is 5.54 Å². The molecule has 1 spiro atoms. The van der Waals surface area contributed by atoms with Crippen LogP contribution in [0.15, 0.2) is 0 Å². The maximum absolute atomic E-state index is 12.9. The molecular formula is C14H27NO3. The topological polar surface area (TPSA) is 46.0 Å². The van der Waals surface area contributed by atoms with E-state index in [-0.39, 0.29) is 17.0 Å². The van der Waals surface area contributed by atoms with Crippen molar-refractivity contribution in [1.29, 1.82) is 0 Å². The fourth-order valence-corrected chi connectivity index (χ4v) is 3.72. The van der Waals surface area contributed by atoms with E-state index in [0.717, 1.165) is 12.8 Å². The number of hydrogen-bond donors (Lipinski definition) is 1. The van der Waals surface area contributed by atoms with Gasteiger partial charge in [0.15, 0.2) is 5.79 Å². The number of quaternary nitrogens is 1. The van der Waals surface area contributed by atoms with E-state index in [1.807, 2.05) is 0 Å². The summed E-state index contributed by atoms with van der Waals surface area (Å²) in [5.41, 5.74) is -0.658. The summed E-state index contributed by atoms with van der Waals surface area (Å²) in [7, 11) is 0. The summed E-state index contributed by atoms with van der Waals surface area (Å²) in [4.78, 5) is 0. The summed E-state index contributed by atoms with van der Waals surface area (Å²) in [5.74, 6) is -0.423. The first-order valence-corrected chi connectivity index (χ1v) is 7.17. The first-order chi connectivity index (χ1) is 8.34. The highest BCUT2D eigenvalue weighted by molar-refractivity contribution is 5.01.